The van der Waals surface area contributed by atoms with Crippen molar-refractivity contribution in [3.63, 3.8) is 0 Å². The molecule has 0 saturated carbocycles. The van der Waals surface area contributed by atoms with Crippen molar-refractivity contribution in [2.24, 2.45) is 0 Å². The summed E-state index contributed by atoms with van der Waals surface area (Å²) in [4.78, 5) is 2.48. The van der Waals surface area contributed by atoms with Gasteiger partial charge in [-0.25, -0.2) is 4.39 Å². The lowest BCUT2D eigenvalue weighted by atomic mass is 9.81. The number of hydrogen-bond acceptors (Lipinski definition) is 3. The molecule has 0 amide bonds. The molecule has 3 nitrogen and oxygen atoms in total. The van der Waals surface area contributed by atoms with Gasteiger partial charge in [0.05, 0.1) is 5.69 Å². The van der Waals surface area contributed by atoms with E-state index in [4.69, 9.17) is 0 Å². The van der Waals surface area contributed by atoms with E-state index in [-0.39, 0.29) is 17.7 Å². The number of likely N-dealkylation sites (tertiary alicyclic amines) is 1. The van der Waals surface area contributed by atoms with E-state index in [2.05, 4.69) is 28.1 Å². The summed E-state index contributed by atoms with van der Waals surface area (Å²) < 4.78 is 13.7. The van der Waals surface area contributed by atoms with Crippen LogP contribution in [0.25, 0.3) is 6.08 Å². The summed E-state index contributed by atoms with van der Waals surface area (Å²) in [7, 11) is 0. The quantitative estimate of drug-likeness (QED) is 0.833. The zero-order valence-electron chi connectivity index (χ0n) is 14.0. The highest BCUT2D eigenvalue weighted by atomic mass is 19.1. The van der Waals surface area contributed by atoms with Gasteiger partial charge in [0.1, 0.15) is 5.82 Å². The maximum Gasteiger partial charge on any atom is 0.123 e. The largest absolute Gasteiger partial charge is 0.303 e. The molecule has 1 aromatic carbocycles. The van der Waals surface area contributed by atoms with Gasteiger partial charge >= 0.3 is 0 Å². The molecule has 1 aliphatic heterocycles. The van der Waals surface area contributed by atoms with Crippen LogP contribution in [0, 0.1) is 5.82 Å². The van der Waals surface area contributed by atoms with Gasteiger partial charge in [-0.05, 0) is 61.3 Å². The average Bonchev–Trinajstić information content (AvgIpc) is 2.91. The van der Waals surface area contributed by atoms with E-state index in [1.807, 2.05) is 18.2 Å². The van der Waals surface area contributed by atoms with Gasteiger partial charge in [-0.2, -0.15) is 10.2 Å². The van der Waals surface area contributed by atoms with Crippen molar-refractivity contribution in [1.82, 2.24) is 15.1 Å². The number of rotatable bonds is 5. The number of aromatic nitrogens is 2. The molecular weight excluding hydrogens is 301 g/mol. The molecule has 2 heterocycles. The van der Waals surface area contributed by atoms with E-state index < -0.39 is 0 Å². The van der Waals surface area contributed by atoms with Crippen LogP contribution in [0.5, 0.6) is 0 Å². The van der Waals surface area contributed by atoms with Crippen LogP contribution in [-0.2, 0) is 0 Å². The molecule has 2 atom stereocenters. The Labute approximate surface area is 142 Å². The van der Waals surface area contributed by atoms with Crippen molar-refractivity contribution in [2.45, 2.75) is 31.6 Å². The van der Waals surface area contributed by atoms with E-state index >= 15 is 0 Å². The van der Waals surface area contributed by atoms with E-state index in [9.17, 15) is 4.39 Å². The Morgan fingerprint density at radius 1 is 1.29 bits per heavy atom. The van der Waals surface area contributed by atoms with Crippen LogP contribution in [0.1, 0.15) is 48.4 Å². The lowest BCUT2D eigenvalue weighted by Gasteiger charge is -2.32. The molecule has 1 saturated heterocycles. The van der Waals surface area contributed by atoms with E-state index in [0.717, 1.165) is 24.2 Å². The molecule has 1 fully saturated rings. The Balaban J connectivity index is 1.64. The van der Waals surface area contributed by atoms with Crippen LogP contribution < -0.4 is 0 Å². The Morgan fingerprint density at radius 3 is 2.88 bits per heavy atom. The molecule has 2 aromatic rings. The molecule has 4 rings (SSSR count). The third-order valence-electron chi connectivity index (χ3n) is 5.35. The number of fused-ring (bicyclic) bond motifs is 1. The monoisotopic (exact) mass is 323 g/mol. The van der Waals surface area contributed by atoms with Gasteiger partial charge in [0.2, 0.25) is 0 Å². The van der Waals surface area contributed by atoms with Gasteiger partial charge in [-0.15, -0.1) is 0 Å². The predicted molar refractivity (Wildman–Crippen MR) is 93.2 cm³/mol. The summed E-state index contributed by atoms with van der Waals surface area (Å²) in [6.45, 7) is 5.70. The average molecular weight is 323 g/mol. The number of benzene rings is 1. The number of halogens is 1. The Hall–Kier alpha value is -2.07. The smallest absolute Gasteiger partial charge is 0.123 e. The molecule has 4 heteroatoms. The lowest BCUT2D eigenvalue weighted by Crippen LogP contribution is -2.37. The summed E-state index contributed by atoms with van der Waals surface area (Å²) in [6.07, 6.45) is 6.24. The van der Waals surface area contributed by atoms with Crippen LogP contribution in [0.2, 0.25) is 0 Å². The summed E-state index contributed by atoms with van der Waals surface area (Å²) in [5, 5.41) is 8.34. The van der Waals surface area contributed by atoms with Crippen molar-refractivity contribution in [3.05, 3.63) is 64.7 Å². The fourth-order valence-corrected chi connectivity index (χ4v) is 3.88. The molecule has 2 unspecified atom stereocenters. The standard InChI is InChI=1S/C20H22FN3/c1-14(19-4-2-8-22-23-19)20-15(7-11-24-9-3-10-24)12-16-13-17(21)5-6-18(16)20/h2,4-6,8,12-14,20H,3,7,9-11H2,1H3. The molecule has 124 valence electrons. The molecule has 0 radical (unpaired) electrons. The third kappa shape index (κ3) is 2.86. The topological polar surface area (TPSA) is 29.0 Å². The normalized spacial score (nSPS) is 21.1. The van der Waals surface area contributed by atoms with Gasteiger partial charge in [0.25, 0.3) is 0 Å². The van der Waals surface area contributed by atoms with Gasteiger partial charge in [0, 0.05) is 24.6 Å². The zero-order chi connectivity index (χ0) is 16.5. The third-order valence-corrected chi connectivity index (χ3v) is 5.35. The van der Waals surface area contributed by atoms with Crippen LogP contribution in [0.15, 0.2) is 42.1 Å². The molecule has 24 heavy (non-hydrogen) atoms. The molecule has 2 aliphatic rings. The van der Waals surface area contributed by atoms with Gasteiger partial charge in [-0.3, -0.25) is 0 Å². The minimum Gasteiger partial charge on any atom is -0.303 e. The Morgan fingerprint density at radius 2 is 2.17 bits per heavy atom. The Kier molecular flexibility index (Phi) is 4.15. The van der Waals surface area contributed by atoms with Gasteiger partial charge in [0.15, 0.2) is 0 Å². The van der Waals surface area contributed by atoms with Crippen molar-refractivity contribution < 1.29 is 4.39 Å². The first kappa shape index (κ1) is 15.5. The van der Waals surface area contributed by atoms with E-state index in [1.54, 1.807) is 18.3 Å². The summed E-state index contributed by atoms with van der Waals surface area (Å²) in [5.41, 5.74) is 4.62. The first-order chi connectivity index (χ1) is 11.7. The second-order valence-electron chi connectivity index (χ2n) is 6.85. The minimum atomic E-state index is -0.167. The fraction of sp³-hybridized carbons (Fsp3) is 0.400. The lowest BCUT2D eigenvalue weighted by molar-refractivity contribution is 0.183. The second kappa shape index (κ2) is 6.44. The molecular formula is C20H22FN3. The number of hydrogen-bond donors (Lipinski definition) is 0. The minimum absolute atomic E-state index is 0.167. The van der Waals surface area contributed by atoms with Crippen LogP contribution in [0.4, 0.5) is 4.39 Å². The maximum absolute atomic E-state index is 13.7. The summed E-state index contributed by atoms with van der Waals surface area (Å²) >= 11 is 0. The van der Waals surface area contributed by atoms with Crippen molar-refractivity contribution in [2.75, 3.05) is 19.6 Å². The molecule has 1 aromatic heterocycles. The molecule has 1 aliphatic carbocycles. The first-order valence-electron chi connectivity index (χ1n) is 8.72. The Bertz CT molecular complexity index is 753. The highest BCUT2D eigenvalue weighted by Gasteiger charge is 2.32. The van der Waals surface area contributed by atoms with Crippen LogP contribution >= 0.6 is 0 Å². The van der Waals surface area contributed by atoms with E-state index in [1.165, 1.54) is 30.6 Å². The highest BCUT2D eigenvalue weighted by molar-refractivity contribution is 5.67. The zero-order valence-corrected chi connectivity index (χ0v) is 14.0. The van der Waals surface area contributed by atoms with Crippen LogP contribution in [0.3, 0.4) is 0 Å². The maximum atomic E-state index is 13.7. The molecule has 0 bridgehead atoms. The SMILES string of the molecule is CC(c1cccnn1)C1C(CCN2CCC2)=Cc2cc(F)ccc21. The van der Waals surface area contributed by atoms with Crippen LogP contribution in [-0.4, -0.2) is 34.7 Å². The summed E-state index contributed by atoms with van der Waals surface area (Å²) in [5.74, 6) is 0.325. The second-order valence-corrected chi connectivity index (χ2v) is 6.85. The molecule has 0 N–H and O–H groups in total. The summed E-state index contributed by atoms with van der Waals surface area (Å²) in [6, 6.07) is 9.13. The van der Waals surface area contributed by atoms with Gasteiger partial charge < -0.3 is 4.90 Å². The predicted octanol–water partition coefficient (Wildman–Crippen LogP) is 4.00. The molecule has 0 spiro atoms. The highest BCUT2D eigenvalue weighted by Crippen LogP contribution is 2.46. The van der Waals surface area contributed by atoms with Crippen molar-refractivity contribution in [1.29, 1.82) is 0 Å². The van der Waals surface area contributed by atoms with E-state index in [0.29, 0.717) is 0 Å². The van der Waals surface area contributed by atoms with Crippen molar-refractivity contribution >= 4 is 6.08 Å². The van der Waals surface area contributed by atoms with Gasteiger partial charge in [-0.1, -0.05) is 24.6 Å². The number of nitrogens with zero attached hydrogens (tertiary/aromatic N) is 3. The fourth-order valence-electron chi connectivity index (χ4n) is 3.88. The van der Waals surface area contributed by atoms with Crippen molar-refractivity contribution in [3.8, 4) is 0 Å². The first-order valence-corrected chi connectivity index (χ1v) is 8.72.